The van der Waals surface area contributed by atoms with Crippen molar-refractivity contribution < 1.29 is 4.79 Å². The van der Waals surface area contributed by atoms with Crippen LogP contribution in [-0.4, -0.2) is 61.2 Å². The Labute approximate surface area is 84.1 Å². The Morgan fingerprint density at radius 3 is 2.79 bits per heavy atom. The zero-order chi connectivity index (χ0) is 10.7. The van der Waals surface area contributed by atoms with Crippen LogP contribution in [0.2, 0.25) is 0 Å². The van der Waals surface area contributed by atoms with Crippen LogP contribution < -0.4 is 5.32 Å². The Morgan fingerprint density at radius 1 is 1.64 bits per heavy atom. The molecule has 80 valence electrons. The average Bonchev–Trinajstić information content (AvgIpc) is 2.47. The van der Waals surface area contributed by atoms with E-state index >= 15 is 0 Å². The second-order valence-electron chi connectivity index (χ2n) is 3.39. The van der Waals surface area contributed by atoms with Crippen LogP contribution in [0.15, 0.2) is 5.10 Å². The van der Waals surface area contributed by atoms with E-state index in [9.17, 15) is 4.79 Å². The standard InChI is InChI=1S/C8H17N5O/c1-5-9-7(14)13-8(11(2)3)12(4)6-10-13/h6,8H,5H2,1-4H3,(H,9,14). The molecule has 1 atom stereocenters. The molecule has 0 radical (unpaired) electrons. The summed E-state index contributed by atoms with van der Waals surface area (Å²) in [5.74, 6) is 0. The van der Waals surface area contributed by atoms with Gasteiger partial charge in [-0.3, -0.25) is 4.90 Å². The van der Waals surface area contributed by atoms with Gasteiger partial charge in [-0.05, 0) is 21.0 Å². The van der Waals surface area contributed by atoms with Gasteiger partial charge in [0.1, 0.15) is 6.34 Å². The van der Waals surface area contributed by atoms with Gasteiger partial charge >= 0.3 is 6.03 Å². The Morgan fingerprint density at radius 2 is 2.29 bits per heavy atom. The number of urea groups is 1. The van der Waals surface area contributed by atoms with E-state index in [1.165, 1.54) is 5.01 Å². The lowest BCUT2D eigenvalue weighted by Gasteiger charge is -2.31. The van der Waals surface area contributed by atoms with E-state index in [4.69, 9.17) is 0 Å². The minimum Gasteiger partial charge on any atom is -0.337 e. The van der Waals surface area contributed by atoms with Gasteiger partial charge in [0.25, 0.3) is 0 Å². The molecule has 2 amide bonds. The smallest absolute Gasteiger partial charge is 0.337 e. The maximum atomic E-state index is 11.6. The van der Waals surface area contributed by atoms with E-state index in [1.54, 1.807) is 6.34 Å². The summed E-state index contributed by atoms with van der Waals surface area (Å²) < 4.78 is 0. The van der Waals surface area contributed by atoms with Crippen molar-refractivity contribution in [1.82, 2.24) is 20.1 Å². The molecule has 0 saturated heterocycles. The second-order valence-corrected chi connectivity index (χ2v) is 3.39. The zero-order valence-corrected chi connectivity index (χ0v) is 9.06. The quantitative estimate of drug-likeness (QED) is 0.667. The molecular formula is C8H17N5O. The van der Waals surface area contributed by atoms with Gasteiger partial charge in [0, 0.05) is 13.6 Å². The number of rotatable bonds is 2. The SMILES string of the molecule is CCNC(=O)N1N=CN(C)C1N(C)C. The van der Waals surface area contributed by atoms with Gasteiger partial charge in [0.15, 0.2) is 6.29 Å². The number of hydrazone groups is 1. The summed E-state index contributed by atoms with van der Waals surface area (Å²) in [5, 5.41) is 8.15. The largest absolute Gasteiger partial charge is 0.340 e. The number of hydrogen-bond donors (Lipinski definition) is 1. The van der Waals surface area contributed by atoms with Crippen molar-refractivity contribution in [2.45, 2.75) is 13.2 Å². The van der Waals surface area contributed by atoms with Crippen LogP contribution in [0.3, 0.4) is 0 Å². The predicted molar refractivity (Wildman–Crippen MR) is 54.6 cm³/mol. The van der Waals surface area contributed by atoms with Crippen LogP contribution in [0.1, 0.15) is 6.92 Å². The lowest BCUT2D eigenvalue weighted by Crippen LogP contribution is -2.52. The number of nitrogens with one attached hydrogen (secondary N) is 1. The first-order valence-electron chi connectivity index (χ1n) is 4.57. The van der Waals surface area contributed by atoms with Gasteiger partial charge in [0.05, 0.1) is 0 Å². The van der Waals surface area contributed by atoms with Gasteiger partial charge < -0.3 is 10.2 Å². The molecule has 1 aliphatic rings. The van der Waals surface area contributed by atoms with Crippen LogP contribution in [0.4, 0.5) is 4.79 Å². The molecule has 0 bridgehead atoms. The first-order valence-corrected chi connectivity index (χ1v) is 4.57. The molecule has 6 heteroatoms. The number of carbonyl (C=O) groups is 1. The lowest BCUT2D eigenvalue weighted by molar-refractivity contribution is 0.0515. The van der Waals surface area contributed by atoms with Crippen molar-refractivity contribution in [1.29, 1.82) is 0 Å². The fraction of sp³-hybridized carbons (Fsp3) is 0.750. The molecule has 0 fully saturated rings. The van der Waals surface area contributed by atoms with Gasteiger partial charge in [-0.25, -0.2) is 4.79 Å². The molecule has 0 aromatic carbocycles. The maximum absolute atomic E-state index is 11.6. The summed E-state index contributed by atoms with van der Waals surface area (Å²) in [6, 6.07) is -0.174. The first kappa shape index (κ1) is 10.8. The van der Waals surface area contributed by atoms with Gasteiger partial charge in [-0.1, -0.05) is 0 Å². The van der Waals surface area contributed by atoms with Gasteiger partial charge in [-0.15, -0.1) is 0 Å². The zero-order valence-electron chi connectivity index (χ0n) is 9.06. The normalized spacial score (nSPS) is 20.8. The monoisotopic (exact) mass is 199 g/mol. The van der Waals surface area contributed by atoms with Crippen LogP contribution in [0.5, 0.6) is 0 Å². The first-order chi connectivity index (χ1) is 6.57. The van der Waals surface area contributed by atoms with E-state index in [-0.39, 0.29) is 12.3 Å². The summed E-state index contributed by atoms with van der Waals surface area (Å²) in [4.78, 5) is 15.3. The van der Waals surface area contributed by atoms with E-state index in [1.807, 2.05) is 37.9 Å². The van der Waals surface area contributed by atoms with Crippen LogP contribution in [0.25, 0.3) is 0 Å². The minimum absolute atomic E-state index is 0.137. The average molecular weight is 199 g/mol. The molecular weight excluding hydrogens is 182 g/mol. The molecule has 14 heavy (non-hydrogen) atoms. The van der Waals surface area contributed by atoms with Crippen molar-refractivity contribution in [3.63, 3.8) is 0 Å². The Kier molecular flexibility index (Phi) is 3.29. The third-order valence-electron chi connectivity index (χ3n) is 1.94. The lowest BCUT2D eigenvalue weighted by atomic mass is 10.6. The van der Waals surface area contributed by atoms with E-state index < -0.39 is 0 Å². The fourth-order valence-electron chi connectivity index (χ4n) is 1.40. The van der Waals surface area contributed by atoms with E-state index in [0.717, 1.165) is 0 Å². The van der Waals surface area contributed by atoms with E-state index in [0.29, 0.717) is 6.54 Å². The minimum atomic E-state index is -0.174. The second kappa shape index (κ2) is 4.28. The van der Waals surface area contributed by atoms with E-state index in [2.05, 4.69) is 10.4 Å². The molecule has 1 rings (SSSR count). The molecule has 0 spiro atoms. The van der Waals surface area contributed by atoms with Crippen LogP contribution >= 0.6 is 0 Å². The van der Waals surface area contributed by atoms with Crippen LogP contribution in [-0.2, 0) is 0 Å². The van der Waals surface area contributed by atoms with Crippen LogP contribution in [0, 0.1) is 0 Å². The van der Waals surface area contributed by atoms with Gasteiger partial charge in [0.2, 0.25) is 0 Å². The summed E-state index contributed by atoms with van der Waals surface area (Å²) >= 11 is 0. The maximum Gasteiger partial charge on any atom is 0.340 e. The fourth-order valence-corrected chi connectivity index (χ4v) is 1.40. The highest BCUT2D eigenvalue weighted by molar-refractivity contribution is 5.76. The number of carbonyl (C=O) groups excluding carboxylic acids is 1. The third kappa shape index (κ3) is 1.95. The molecule has 0 aromatic rings. The highest BCUT2D eigenvalue weighted by Gasteiger charge is 2.31. The number of hydrogen-bond acceptors (Lipinski definition) is 4. The van der Waals surface area contributed by atoms with Crippen molar-refractivity contribution in [2.75, 3.05) is 27.7 Å². The van der Waals surface area contributed by atoms with Crippen molar-refractivity contribution in [3.05, 3.63) is 0 Å². The summed E-state index contributed by atoms with van der Waals surface area (Å²) in [6.45, 7) is 2.49. The summed E-state index contributed by atoms with van der Waals surface area (Å²) in [6.07, 6.45) is 1.50. The molecule has 1 aliphatic heterocycles. The number of nitrogens with zero attached hydrogens (tertiary/aromatic N) is 4. The van der Waals surface area contributed by atoms with Crippen molar-refractivity contribution in [3.8, 4) is 0 Å². The topological polar surface area (TPSA) is 51.2 Å². The molecule has 0 aliphatic carbocycles. The molecule has 1 heterocycles. The number of amides is 2. The molecule has 1 N–H and O–H groups in total. The molecule has 0 aromatic heterocycles. The highest BCUT2D eigenvalue weighted by atomic mass is 16.2. The van der Waals surface area contributed by atoms with Gasteiger partial charge in [-0.2, -0.15) is 10.1 Å². The van der Waals surface area contributed by atoms with Crippen molar-refractivity contribution in [2.24, 2.45) is 5.10 Å². The molecule has 1 unspecified atom stereocenters. The Balaban J connectivity index is 2.68. The van der Waals surface area contributed by atoms with Crippen molar-refractivity contribution >= 4 is 12.4 Å². The molecule has 6 nitrogen and oxygen atoms in total. The molecule has 0 saturated carbocycles. The summed E-state index contributed by atoms with van der Waals surface area (Å²) in [7, 11) is 5.69. The Bertz CT molecular complexity index is 240. The summed E-state index contributed by atoms with van der Waals surface area (Å²) in [5.41, 5.74) is 0. The Hall–Kier alpha value is -1.30. The highest BCUT2D eigenvalue weighted by Crippen LogP contribution is 2.12. The predicted octanol–water partition coefficient (Wildman–Crippen LogP) is -0.248. The third-order valence-corrected chi connectivity index (χ3v) is 1.94.